The van der Waals surface area contributed by atoms with Gasteiger partial charge in [0.05, 0.1) is 6.10 Å². The van der Waals surface area contributed by atoms with E-state index >= 15 is 0 Å². The SMILES string of the molecule is C[C@@H](O)CCCCCCCCC[C@H]1Cc2cc(O)cc(O)c2C(=O)O1. The smallest absolute Gasteiger partial charge is 0.342 e. The molecule has 5 nitrogen and oxygen atoms in total. The Morgan fingerprint density at radius 2 is 1.72 bits per heavy atom. The summed E-state index contributed by atoms with van der Waals surface area (Å²) in [6, 6.07) is 2.71. The van der Waals surface area contributed by atoms with Crippen LogP contribution in [0.1, 0.15) is 80.6 Å². The monoisotopic (exact) mass is 350 g/mol. The summed E-state index contributed by atoms with van der Waals surface area (Å²) in [6.07, 6.45) is 9.85. The Hall–Kier alpha value is -1.75. The molecule has 1 heterocycles. The summed E-state index contributed by atoms with van der Waals surface area (Å²) in [4.78, 5) is 12.0. The number of fused-ring (bicyclic) bond motifs is 1. The van der Waals surface area contributed by atoms with E-state index in [2.05, 4.69) is 0 Å². The van der Waals surface area contributed by atoms with Gasteiger partial charge in [-0.2, -0.15) is 0 Å². The minimum Gasteiger partial charge on any atom is -0.508 e. The van der Waals surface area contributed by atoms with Gasteiger partial charge in [-0.3, -0.25) is 0 Å². The largest absolute Gasteiger partial charge is 0.508 e. The summed E-state index contributed by atoms with van der Waals surface area (Å²) in [5.41, 5.74) is 0.850. The first-order valence-electron chi connectivity index (χ1n) is 9.41. The summed E-state index contributed by atoms with van der Waals surface area (Å²) < 4.78 is 5.41. The predicted octanol–water partition coefficient (Wildman–Crippen LogP) is 4.07. The van der Waals surface area contributed by atoms with Crippen LogP contribution in [0.5, 0.6) is 11.5 Å². The molecule has 2 atom stereocenters. The minimum absolute atomic E-state index is 0.0275. The predicted molar refractivity (Wildman–Crippen MR) is 95.9 cm³/mol. The number of benzene rings is 1. The van der Waals surface area contributed by atoms with Gasteiger partial charge in [0.1, 0.15) is 23.2 Å². The van der Waals surface area contributed by atoms with Gasteiger partial charge in [0, 0.05) is 12.5 Å². The fourth-order valence-corrected chi connectivity index (χ4v) is 3.42. The molecular weight excluding hydrogens is 320 g/mol. The zero-order valence-corrected chi connectivity index (χ0v) is 15.0. The van der Waals surface area contributed by atoms with Gasteiger partial charge in [-0.25, -0.2) is 4.79 Å². The molecule has 0 saturated carbocycles. The first-order valence-corrected chi connectivity index (χ1v) is 9.41. The lowest BCUT2D eigenvalue weighted by Crippen LogP contribution is -2.27. The number of phenolic OH excluding ortho intramolecular Hbond substituents is 2. The molecule has 0 radical (unpaired) electrons. The molecule has 0 saturated heterocycles. The van der Waals surface area contributed by atoms with Gasteiger partial charge >= 0.3 is 5.97 Å². The molecule has 0 fully saturated rings. The number of carbonyl (C=O) groups excluding carboxylic acids is 1. The van der Waals surface area contributed by atoms with Crippen molar-refractivity contribution in [2.75, 3.05) is 0 Å². The van der Waals surface area contributed by atoms with Crippen molar-refractivity contribution in [1.29, 1.82) is 0 Å². The molecular formula is C20H30O5. The Kier molecular flexibility index (Phi) is 7.56. The summed E-state index contributed by atoms with van der Waals surface area (Å²) in [5, 5.41) is 28.6. The Labute approximate surface area is 149 Å². The molecule has 0 aromatic heterocycles. The van der Waals surface area contributed by atoms with Crippen LogP contribution in [0, 0.1) is 0 Å². The lowest BCUT2D eigenvalue weighted by molar-refractivity contribution is 0.0227. The van der Waals surface area contributed by atoms with E-state index in [-0.39, 0.29) is 29.3 Å². The van der Waals surface area contributed by atoms with Gasteiger partial charge in [0.25, 0.3) is 0 Å². The van der Waals surface area contributed by atoms with Crippen molar-refractivity contribution < 1.29 is 24.9 Å². The molecule has 2 rings (SSSR count). The quantitative estimate of drug-likeness (QED) is 0.437. The number of carbonyl (C=O) groups is 1. The number of ether oxygens (including phenoxy) is 1. The fraction of sp³-hybridized carbons (Fsp3) is 0.650. The van der Waals surface area contributed by atoms with Crippen molar-refractivity contribution in [3.8, 4) is 11.5 Å². The van der Waals surface area contributed by atoms with Crippen LogP contribution in [-0.4, -0.2) is 33.5 Å². The van der Waals surface area contributed by atoms with Crippen LogP contribution in [0.4, 0.5) is 0 Å². The number of hydrogen-bond acceptors (Lipinski definition) is 5. The maximum atomic E-state index is 12.0. The van der Waals surface area contributed by atoms with Gasteiger partial charge < -0.3 is 20.1 Å². The molecule has 140 valence electrons. The average Bonchev–Trinajstić information content (AvgIpc) is 2.51. The molecule has 0 aliphatic carbocycles. The van der Waals surface area contributed by atoms with E-state index in [1.165, 1.54) is 37.8 Å². The van der Waals surface area contributed by atoms with E-state index in [9.17, 15) is 20.1 Å². The van der Waals surface area contributed by atoms with E-state index in [4.69, 9.17) is 4.74 Å². The van der Waals surface area contributed by atoms with Crippen molar-refractivity contribution in [2.45, 2.75) is 83.3 Å². The number of hydrogen-bond donors (Lipinski definition) is 3. The van der Waals surface area contributed by atoms with Gasteiger partial charge in [-0.05, 0) is 37.8 Å². The third-order valence-electron chi connectivity index (χ3n) is 4.76. The molecule has 0 unspecified atom stereocenters. The summed E-state index contributed by atoms with van der Waals surface area (Å²) in [5.74, 6) is -0.740. The zero-order chi connectivity index (χ0) is 18.2. The first-order chi connectivity index (χ1) is 12.0. The van der Waals surface area contributed by atoms with Crippen LogP contribution in [0.25, 0.3) is 0 Å². The van der Waals surface area contributed by atoms with E-state index in [1.807, 2.05) is 6.92 Å². The number of phenols is 2. The number of esters is 1. The normalized spacial score (nSPS) is 17.8. The number of aliphatic hydroxyl groups excluding tert-OH is 1. The van der Waals surface area contributed by atoms with Crippen molar-refractivity contribution in [1.82, 2.24) is 0 Å². The Bertz CT molecular complexity index is 567. The van der Waals surface area contributed by atoms with Gasteiger partial charge in [0.15, 0.2) is 0 Å². The van der Waals surface area contributed by atoms with E-state index in [0.29, 0.717) is 12.0 Å². The highest BCUT2D eigenvalue weighted by molar-refractivity contribution is 5.95. The maximum absolute atomic E-state index is 12.0. The highest BCUT2D eigenvalue weighted by Gasteiger charge is 2.29. The Balaban J connectivity index is 1.63. The molecule has 1 aromatic rings. The maximum Gasteiger partial charge on any atom is 0.342 e. The zero-order valence-electron chi connectivity index (χ0n) is 15.0. The van der Waals surface area contributed by atoms with Gasteiger partial charge in [-0.15, -0.1) is 0 Å². The van der Waals surface area contributed by atoms with Crippen molar-refractivity contribution >= 4 is 5.97 Å². The second kappa shape index (κ2) is 9.66. The van der Waals surface area contributed by atoms with Crippen molar-refractivity contribution in [3.05, 3.63) is 23.3 Å². The van der Waals surface area contributed by atoms with Gasteiger partial charge in [0.2, 0.25) is 0 Å². The number of rotatable bonds is 10. The molecule has 0 spiro atoms. The van der Waals surface area contributed by atoms with Crippen LogP contribution in [0.3, 0.4) is 0 Å². The lowest BCUT2D eigenvalue weighted by atomic mass is 9.94. The topological polar surface area (TPSA) is 87.0 Å². The number of unbranched alkanes of at least 4 members (excludes halogenated alkanes) is 6. The highest BCUT2D eigenvalue weighted by Crippen LogP contribution is 2.33. The third-order valence-corrected chi connectivity index (χ3v) is 4.76. The van der Waals surface area contributed by atoms with Crippen LogP contribution >= 0.6 is 0 Å². The summed E-state index contributed by atoms with van der Waals surface area (Å²) in [6.45, 7) is 1.83. The fourth-order valence-electron chi connectivity index (χ4n) is 3.42. The van der Waals surface area contributed by atoms with Gasteiger partial charge in [-0.1, -0.05) is 38.5 Å². The van der Waals surface area contributed by atoms with Crippen LogP contribution in [0.2, 0.25) is 0 Å². The number of aromatic hydroxyl groups is 2. The van der Waals surface area contributed by atoms with E-state index in [0.717, 1.165) is 32.1 Å². The van der Waals surface area contributed by atoms with E-state index in [1.54, 1.807) is 0 Å². The molecule has 3 N–H and O–H groups in total. The van der Waals surface area contributed by atoms with Crippen LogP contribution in [-0.2, 0) is 11.2 Å². The molecule has 0 bridgehead atoms. The number of cyclic esters (lactones) is 1. The molecule has 1 aliphatic rings. The standard InChI is InChI=1S/C20H30O5/c1-14(21)9-7-5-3-2-4-6-8-10-17-12-15-11-16(22)13-18(23)19(15)20(24)25-17/h11,13-14,17,21-23H,2-10,12H2,1H3/t14-,17+/m1/s1. The second-order valence-electron chi connectivity index (χ2n) is 7.13. The van der Waals surface area contributed by atoms with Crippen LogP contribution in [0.15, 0.2) is 12.1 Å². The average molecular weight is 350 g/mol. The summed E-state index contributed by atoms with van der Waals surface area (Å²) in [7, 11) is 0. The van der Waals surface area contributed by atoms with Crippen molar-refractivity contribution in [2.24, 2.45) is 0 Å². The number of aliphatic hydroxyl groups is 1. The Morgan fingerprint density at radius 1 is 1.08 bits per heavy atom. The summed E-state index contributed by atoms with van der Waals surface area (Å²) >= 11 is 0. The highest BCUT2D eigenvalue weighted by atomic mass is 16.5. The first kappa shape index (κ1) is 19.6. The lowest BCUT2D eigenvalue weighted by Gasteiger charge is -2.25. The van der Waals surface area contributed by atoms with Crippen molar-refractivity contribution in [3.63, 3.8) is 0 Å². The van der Waals surface area contributed by atoms with E-state index < -0.39 is 5.97 Å². The molecule has 0 amide bonds. The second-order valence-corrected chi connectivity index (χ2v) is 7.13. The molecule has 1 aliphatic heterocycles. The minimum atomic E-state index is -0.498. The molecule has 25 heavy (non-hydrogen) atoms. The molecule has 1 aromatic carbocycles. The molecule has 5 heteroatoms. The third kappa shape index (κ3) is 6.24. The Morgan fingerprint density at radius 3 is 2.40 bits per heavy atom. The van der Waals surface area contributed by atoms with Crippen LogP contribution < -0.4 is 0 Å².